The number of aromatic nitrogens is 2. The Morgan fingerprint density at radius 3 is 2.46 bits per heavy atom. The van der Waals surface area contributed by atoms with Crippen molar-refractivity contribution in [3.8, 4) is 0 Å². The molecule has 1 amide bonds. The molecule has 35 heavy (non-hydrogen) atoms. The van der Waals surface area contributed by atoms with Crippen molar-refractivity contribution in [3.63, 3.8) is 0 Å². The van der Waals surface area contributed by atoms with E-state index in [-0.39, 0.29) is 16.7 Å². The van der Waals surface area contributed by atoms with Gasteiger partial charge in [0.1, 0.15) is 0 Å². The molecule has 2 aliphatic heterocycles. The number of rotatable bonds is 11. The number of nitrogens with zero attached hydrogens (tertiary/aromatic N) is 4. The normalized spacial score (nSPS) is 21.7. The van der Waals surface area contributed by atoms with Crippen LogP contribution in [-0.4, -0.2) is 99.9 Å². The molecule has 1 N–H and O–H groups in total. The van der Waals surface area contributed by atoms with Gasteiger partial charge in [0.05, 0.1) is 56.3 Å². The Kier molecular flexibility index (Phi) is 8.53. The van der Waals surface area contributed by atoms with Crippen LogP contribution < -0.4 is 5.32 Å². The lowest BCUT2D eigenvalue weighted by molar-refractivity contribution is -0.170. The maximum Gasteiger partial charge on any atom is 0.233 e. The first-order valence-electron chi connectivity index (χ1n) is 13.1. The summed E-state index contributed by atoms with van der Waals surface area (Å²) in [6.45, 7) is 9.42. The van der Waals surface area contributed by atoms with Crippen molar-refractivity contribution in [1.82, 2.24) is 24.9 Å². The summed E-state index contributed by atoms with van der Waals surface area (Å²) in [6.07, 6.45) is 4.35. The van der Waals surface area contributed by atoms with Gasteiger partial charge in [0.2, 0.25) is 5.91 Å². The average Bonchev–Trinajstić information content (AvgIpc) is 3.18. The molecule has 0 aromatic carbocycles. The highest BCUT2D eigenvalue weighted by atomic mass is 16.5. The maximum atomic E-state index is 13.3. The number of carbonyl (C=O) groups is 1. The second kappa shape index (κ2) is 11.3. The SMILES string of the molecule is CNCCN(C)Cc1nn2c(c1C1CCC(COC)(COC)CC1)CN(C(=O)C1(C)COC1)CC2. The van der Waals surface area contributed by atoms with Crippen LogP contribution in [0.2, 0.25) is 0 Å². The second-order valence-corrected chi connectivity index (χ2v) is 11.3. The molecule has 0 radical (unpaired) electrons. The molecular formula is C26H45N5O4. The molecule has 1 saturated heterocycles. The first kappa shape index (κ1) is 26.5. The van der Waals surface area contributed by atoms with Crippen LogP contribution in [0.5, 0.6) is 0 Å². The van der Waals surface area contributed by atoms with Gasteiger partial charge in [0, 0.05) is 51.4 Å². The number of likely N-dealkylation sites (N-methyl/N-ethyl adjacent to an activating group) is 2. The van der Waals surface area contributed by atoms with Crippen molar-refractivity contribution >= 4 is 5.91 Å². The molecule has 1 saturated carbocycles. The second-order valence-electron chi connectivity index (χ2n) is 11.3. The first-order chi connectivity index (χ1) is 16.8. The van der Waals surface area contributed by atoms with E-state index >= 15 is 0 Å². The van der Waals surface area contributed by atoms with Crippen LogP contribution in [0.15, 0.2) is 0 Å². The number of hydrogen-bond donors (Lipinski definition) is 1. The molecule has 9 heteroatoms. The van der Waals surface area contributed by atoms with Gasteiger partial charge in [-0.1, -0.05) is 0 Å². The monoisotopic (exact) mass is 491 g/mol. The Morgan fingerprint density at radius 1 is 1.20 bits per heavy atom. The number of carbonyl (C=O) groups excluding carboxylic acids is 1. The van der Waals surface area contributed by atoms with E-state index in [1.807, 2.05) is 18.9 Å². The lowest BCUT2D eigenvalue weighted by Crippen LogP contribution is -2.54. The molecular weight excluding hydrogens is 446 g/mol. The van der Waals surface area contributed by atoms with Crippen LogP contribution in [0.1, 0.15) is 55.5 Å². The smallest absolute Gasteiger partial charge is 0.233 e. The van der Waals surface area contributed by atoms with Crippen LogP contribution in [0.25, 0.3) is 0 Å². The fourth-order valence-corrected chi connectivity index (χ4v) is 6.17. The molecule has 0 bridgehead atoms. The molecule has 0 spiro atoms. The van der Waals surface area contributed by atoms with E-state index in [0.29, 0.717) is 32.2 Å². The molecule has 1 aromatic rings. The Bertz CT molecular complexity index is 852. The third kappa shape index (κ3) is 5.59. The highest BCUT2D eigenvalue weighted by Crippen LogP contribution is 2.46. The first-order valence-corrected chi connectivity index (χ1v) is 13.1. The van der Waals surface area contributed by atoms with Crippen molar-refractivity contribution in [1.29, 1.82) is 0 Å². The third-order valence-electron chi connectivity index (χ3n) is 8.26. The summed E-state index contributed by atoms with van der Waals surface area (Å²) in [5.41, 5.74) is 3.53. The fourth-order valence-electron chi connectivity index (χ4n) is 6.17. The zero-order valence-electron chi connectivity index (χ0n) is 22.4. The number of fused-ring (bicyclic) bond motifs is 1. The quantitative estimate of drug-likeness (QED) is 0.506. The molecule has 0 unspecified atom stereocenters. The minimum Gasteiger partial charge on any atom is -0.384 e. The van der Waals surface area contributed by atoms with Crippen molar-refractivity contribution < 1.29 is 19.0 Å². The summed E-state index contributed by atoms with van der Waals surface area (Å²) >= 11 is 0. The van der Waals surface area contributed by atoms with Gasteiger partial charge < -0.3 is 24.4 Å². The topological polar surface area (TPSA) is 81.1 Å². The zero-order chi connectivity index (χ0) is 25.1. The maximum absolute atomic E-state index is 13.3. The van der Waals surface area contributed by atoms with Gasteiger partial charge in [0.15, 0.2) is 0 Å². The molecule has 9 nitrogen and oxygen atoms in total. The van der Waals surface area contributed by atoms with Crippen LogP contribution in [0.3, 0.4) is 0 Å². The summed E-state index contributed by atoms with van der Waals surface area (Å²) in [6, 6.07) is 0. The summed E-state index contributed by atoms with van der Waals surface area (Å²) in [4.78, 5) is 17.7. The number of nitrogens with one attached hydrogen (secondary N) is 1. The molecule has 2 fully saturated rings. The van der Waals surface area contributed by atoms with Gasteiger partial charge in [-0.3, -0.25) is 14.4 Å². The average molecular weight is 492 g/mol. The van der Waals surface area contributed by atoms with Crippen LogP contribution in [0, 0.1) is 10.8 Å². The van der Waals surface area contributed by atoms with Gasteiger partial charge in [-0.15, -0.1) is 0 Å². The van der Waals surface area contributed by atoms with Gasteiger partial charge in [-0.2, -0.15) is 5.10 Å². The van der Waals surface area contributed by atoms with Gasteiger partial charge in [0.25, 0.3) is 0 Å². The van der Waals surface area contributed by atoms with Crippen molar-refractivity contribution in [2.75, 3.05) is 74.4 Å². The minimum absolute atomic E-state index is 0.0950. The summed E-state index contributed by atoms with van der Waals surface area (Å²) in [7, 11) is 7.73. The van der Waals surface area contributed by atoms with E-state index in [9.17, 15) is 4.79 Å². The number of methoxy groups -OCH3 is 2. The van der Waals surface area contributed by atoms with E-state index in [1.54, 1.807) is 14.2 Å². The minimum atomic E-state index is -0.372. The highest BCUT2D eigenvalue weighted by molar-refractivity contribution is 5.83. The highest BCUT2D eigenvalue weighted by Gasteiger charge is 2.45. The van der Waals surface area contributed by atoms with Crippen LogP contribution in [-0.2, 0) is 38.6 Å². The van der Waals surface area contributed by atoms with Gasteiger partial charge in [-0.05, 0) is 52.6 Å². The molecule has 4 rings (SSSR count). The Balaban J connectivity index is 1.58. The van der Waals surface area contributed by atoms with E-state index in [1.165, 1.54) is 17.0 Å². The molecule has 1 aliphatic carbocycles. The van der Waals surface area contributed by atoms with E-state index < -0.39 is 0 Å². The van der Waals surface area contributed by atoms with Crippen molar-refractivity contribution in [2.45, 2.75) is 58.2 Å². The lowest BCUT2D eigenvalue weighted by atomic mass is 9.69. The molecule has 198 valence electrons. The predicted molar refractivity (Wildman–Crippen MR) is 134 cm³/mol. The lowest BCUT2D eigenvalue weighted by Gasteiger charge is -2.42. The van der Waals surface area contributed by atoms with E-state index in [0.717, 1.165) is 65.1 Å². The molecule has 3 aliphatic rings. The van der Waals surface area contributed by atoms with Gasteiger partial charge in [-0.25, -0.2) is 0 Å². The number of amides is 1. The Labute approximate surface area is 210 Å². The number of ether oxygens (including phenoxy) is 3. The van der Waals surface area contributed by atoms with Crippen molar-refractivity contribution in [2.24, 2.45) is 10.8 Å². The molecule has 3 heterocycles. The summed E-state index contributed by atoms with van der Waals surface area (Å²) in [5, 5.41) is 8.36. The summed E-state index contributed by atoms with van der Waals surface area (Å²) < 4.78 is 18.8. The molecule has 1 aromatic heterocycles. The van der Waals surface area contributed by atoms with Crippen LogP contribution >= 0.6 is 0 Å². The van der Waals surface area contributed by atoms with Crippen LogP contribution in [0.4, 0.5) is 0 Å². The Morgan fingerprint density at radius 2 is 1.89 bits per heavy atom. The predicted octanol–water partition coefficient (Wildman–Crippen LogP) is 1.85. The van der Waals surface area contributed by atoms with Crippen molar-refractivity contribution in [3.05, 3.63) is 17.0 Å². The van der Waals surface area contributed by atoms with E-state index in [2.05, 4.69) is 21.9 Å². The third-order valence-corrected chi connectivity index (χ3v) is 8.26. The number of hydrogen-bond acceptors (Lipinski definition) is 7. The Hall–Kier alpha value is -1.52. The molecule has 0 atom stereocenters. The standard InChI is InChI=1S/C26H45N5O4/c1-25(16-35-17-25)24(32)30-12-13-31-22(15-30)23(21(28-31)14-29(3)11-10-27-2)20-6-8-26(9-7-20,18-33-4)19-34-5/h20,27H,6-19H2,1-5H3. The van der Waals surface area contributed by atoms with E-state index in [4.69, 9.17) is 19.3 Å². The fraction of sp³-hybridized carbons (Fsp3) is 0.846. The zero-order valence-corrected chi connectivity index (χ0v) is 22.4. The van der Waals surface area contributed by atoms with Gasteiger partial charge >= 0.3 is 0 Å². The summed E-state index contributed by atoms with van der Waals surface area (Å²) in [5.74, 6) is 0.670. The largest absolute Gasteiger partial charge is 0.384 e.